The summed E-state index contributed by atoms with van der Waals surface area (Å²) >= 11 is 0. The molecule has 0 aliphatic rings. The summed E-state index contributed by atoms with van der Waals surface area (Å²) in [6, 6.07) is 21.7. The molecule has 0 atom stereocenters. The van der Waals surface area contributed by atoms with Gasteiger partial charge in [0.15, 0.2) is 0 Å². The van der Waals surface area contributed by atoms with E-state index < -0.39 is 7.60 Å². The fourth-order valence-electron chi connectivity index (χ4n) is 2.83. The molecule has 26 heavy (non-hydrogen) atoms. The van der Waals surface area contributed by atoms with E-state index in [9.17, 15) is 4.57 Å². The molecule has 136 valence electrons. The summed E-state index contributed by atoms with van der Waals surface area (Å²) in [5, 5.41) is 0. The molecule has 0 saturated carbocycles. The zero-order chi connectivity index (χ0) is 18.4. The third kappa shape index (κ3) is 4.16. The molecule has 0 bridgehead atoms. The lowest BCUT2D eigenvalue weighted by atomic mass is 10.1. The van der Waals surface area contributed by atoms with E-state index in [1.165, 1.54) is 0 Å². The van der Waals surface area contributed by atoms with Crippen molar-refractivity contribution < 1.29 is 18.0 Å². The van der Waals surface area contributed by atoms with Crippen molar-refractivity contribution >= 4 is 13.1 Å². The molecule has 0 spiro atoms. The van der Waals surface area contributed by atoms with Crippen LogP contribution in [0.1, 0.15) is 25.0 Å². The predicted molar refractivity (Wildman–Crippen MR) is 104 cm³/mol. The minimum Gasteiger partial charge on any atom is -0.448 e. The standard InChI is InChI=1S/C21H23O4P/c1-3-23-26(22,24-4-2)21-19(15-17-11-7-5-8-12-17)16-20(25-21)18-13-9-6-10-14-18/h5-14,16H,3-4,15H2,1-2H3. The van der Waals surface area contributed by atoms with Crippen LogP contribution >= 0.6 is 7.60 Å². The van der Waals surface area contributed by atoms with Crippen molar-refractivity contribution in [3.63, 3.8) is 0 Å². The molecule has 1 heterocycles. The summed E-state index contributed by atoms with van der Waals surface area (Å²) < 4.78 is 30.4. The average molecular weight is 370 g/mol. The number of benzene rings is 2. The third-order valence-electron chi connectivity index (χ3n) is 3.93. The molecule has 0 aliphatic heterocycles. The summed E-state index contributed by atoms with van der Waals surface area (Å²) in [6.45, 7) is 4.15. The highest BCUT2D eigenvalue weighted by atomic mass is 31.2. The molecule has 3 rings (SSSR count). The Hall–Kier alpha value is -2.13. The van der Waals surface area contributed by atoms with Gasteiger partial charge in [0.2, 0.25) is 5.50 Å². The highest BCUT2D eigenvalue weighted by Gasteiger charge is 2.34. The van der Waals surface area contributed by atoms with Crippen LogP contribution < -0.4 is 5.50 Å². The number of rotatable bonds is 8. The van der Waals surface area contributed by atoms with E-state index in [1.54, 1.807) is 13.8 Å². The SMILES string of the molecule is CCOP(=O)(OCC)c1oc(-c2ccccc2)cc1Cc1ccccc1. The van der Waals surface area contributed by atoms with Crippen LogP contribution in [0.25, 0.3) is 11.3 Å². The largest absolute Gasteiger partial charge is 0.448 e. The van der Waals surface area contributed by atoms with E-state index >= 15 is 0 Å². The van der Waals surface area contributed by atoms with E-state index in [4.69, 9.17) is 13.5 Å². The van der Waals surface area contributed by atoms with Crippen molar-refractivity contribution in [2.75, 3.05) is 13.2 Å². The van der Waals surface area contributed by atoms with Crippen LogP contribution in [0.4, 0.5) is 0 Å². The summed E-state index contributed by atoms with van der Waals surface area (Å²) in [5.74, 6) is 0.658. The molecule has 0 aliphatic carbocycles. The van der Waals surface area contributed by atoms with Gasteiger partial charge in [-0.2, -0.15) is 0 Å². The molecule has 0 saturated heterocycles. The second-order valence-electron chi connectivity index (χ2n) is 5.80. The smallest absolute Gasteiger partial charge is 0.396 e. The maximum Gasteiger partial charge on any atom is 0.396 e. The van der Waals surface area contributed by atoms with E-state index in [0.29, 0.717) is 17.7 Å². The van der Waals surface area contributed by atoms with Gasteiger partial charge in [-0.05, 0) is 25.5 Å². The maximum atomic E-state index is 13.3. The van der Waals surface area contributed by atoms with Crippen molar-refractivity contribution in [3.8, 4) is 11.3 Å². The summed E-state index contributed by atoms with van der Waals surface area (Å²) in [6.07, 6.45) is 0.594. The van der Waals surface area contributed by atoms with Gasteiger partial charge < -0.3 is 13.5 Å². The zero-order valence-corrected chi connectivity index (χ0v) is 15.9. The molecule has 1 aromatic heterocycles. The summed E-state index contributed by atoms with van der Waals surface area (Å²) in [4.78, 5) is 0. The Morgan fingerprint density at radius 3 is 2.04 bits per heavy atom. The Labute approximate surface area is 154 Å². The fourth-order valence-corrected chi connectivity index (χ4v) is 4.53. The van der Waals surface area contributed by atoms with Crippen LogP contribution in [0.2, 0.25) is 0 Å². The Morgan fingerprint density at radius 2 is 1.46 bits per heavy atom. The van der Waals surface area contributed by atoms with Crippen molar-refractivity contribution in [1.29, 1.82) is 0 Å². The van der Waals surface area contributed by atoms with Crippen LogP contribution in [-0.2, 0) is 20.0 Å². The second kappa shape index (κ2) is 8.50. The van der Waals surface area contributed by atoms with Crippen molar-refractivity contribution in [3.05, 3.63) is 77.9 Å². The third-order valence-corrected chi connectivity index (χ3v) is 6.00. The van der Waals surface area contributed by atoms with Crippen LogP contribution in [0, 0.1) is 0 Å². The van der Waals surface area contributed by atoms with Crippen LogP contribution in [0.3, 0.4) is 0 Å². The molecule has 0 radical (unpaired) electrons. The predicted octanol–water partition coefficient (Wildman–Crippen LogP) is 5.43. The Bertz CT molecular complexity index is 862. The first-order valence-electron chi connectivity index (χ1n) is 8.78. The molecule has 3 aromatic rings. The first kappa shape index (κ1) is 18.7. The van der Waals surface area contributed by atoms with Crippen molar-refractivity contribution in [2.24, 2.45) is 0 Å². The van der Waals surface area contributed by atoms with Crippen LogP contribution in [0.15, 0.2) is 71.1 Å². The van der Waals surface area contributed by atoms with Gasteiger partial charge >= 0.3 is 7.60 Å². The molecule has 4 nitrogen and oxygen atoms in total. The molecule has 0 unspecified atom stereocenters. The van der Waals surface area contributed by atoms with Crippen molar-refractivity contribution in [2.45, 2.75) is 20.3 Å². The summed E-state index contributed by atoms with van der Waals surface area (Å²) in [7, 11) is -3.51. The second-order valence-corrected chi connectivity index (χ2v) is 7.72. The molecule has 2 aromatic carbocycles. The highest BCUT2D eigenvalue weighted by molar-refractivity contribution is 7.61. The first-order valence-corrected chi connectivity index (χ1v) is 10.3. The molecular formula is C21H23O4P. The molecular weight excluding hydrogens is 347 g/mol. The normalized spacial score (nSPS) is 11.6. The molecule has 0 amide bonds. The Kier molecular flexibility index (Phi) is 6.10. The van der Waals surface area contributed by atoms with Gasteiger partial charge in [-0.1, -0.05) is 60.7 Å². The van der Waals surface area contributed by atoms with Gasteiger partial charge in [0.25, 0.3) is 0 Å². The van der Waals surface area contributed by atoms with Crippen molar-refractivity contribution in [1.82, 2.24) is 0 Å². The topological polar surface area (TPSA) is 48.7 Å². The summed E-state index contributed by atoms with van der Waals surface area (Å²) in [5.41, 5.74) is 3.14. The minimum atomic E-state index is -3.51. The monoisotopic (exact) mass is 370 g/mol. The number of hydrogen-bond donors (Lipinski definition) is 0. The lowest BCUT2D eigenvalue weighted by Crippen LogP contribution is -2.13. The lowest BCUT2D eigenvalue weighted by Gasteiger charge is -2.16. The quantitative estimate of drug-likeness (QED) is 0.496. The van der Waals surface area contributed by atoms with E-state index in [1.807, 2.05) is 66.7 Å². The van der Waals surface area contributed by atoms with Gasteiger partial charge in [-0.15, -0.1) is 0 Å². The maximum absolute atomic E-state index is 13.3. The average Bonchev–Trinajstić information content (AvgIpc) is 3.08. The van der Waals surface area contributed by atoms with E-state index in [2.05, 4.69) is 0 Å². The zero-order valence-electron chi connectivity index (χ0n) is 15.1. The number of furan rings is 1. The van der Waals surface area contributed by atoms with Gasteiger partial charge in [0.05, 0.1) is 13.2 Å². The first-order chi connectivity index (χ1) is 12.7. The van der Waals surface area contributed by atoms with E-state index in [-0.39, 0.29) is 13.2 Å². The van der Waals surface area contributed by atoms with Gasteiger partial charge in [-0.25, -0.2) is 0 Å². The van der Waals surface area contributed by atoms with Gasteiger partial charge in [-0.3, -0.25) is 4.57 Å². The molecule has 0 fully saturated rings. The minimum absolute atomic E-state index is 0.281. The fraction of sp³-hybridized carbons (Fsp3) is 0.238. The highest BCUT2D eigenvalue weighted by Crippen LogP contribution is 2.49. The molecule has 5 heteroatoms. The van der Waals surface area contributed by atoms with E-state index in [0.717, 1.165) is 16.7 Å². The Morgan fingerprint density at radius 1 is 0.885 bits per heavy atom. The Balaban J connectivity index is 2.08. The number of hydrogen-bond acceptors (Lipinski definition) is 4. The molecule has 0 N–H and O–H groups in total. The van der Waals surface area contributed by atoms with Crippen LogP contribution in [0.5, 0.6) is 0 Å². The van der Waals surface area contributed by atoms with Crippen LogP contribution in [-0.4, -0.2) is 13.2 Å². The lowest BCUT2D eigenvalue weighted by molar-refractivity contribution is 0.225. The van der Waals surface area contributed by atoms with Gasteiger partial charge in [0.1, 0.15) is 5.76 Å². The van der Waals surface area contributed by atoms with Gasteiger partial charge in [0, 0.05) is 17.5 Å².